The summed E-state index contributed by atoms with van der Waals surface area (Å²) in [5, 5.41) is 4.76. The van der Waals surface area contributed by atoms with Gasteiger partial charge in [-0.25, -0.2) is 0 Å². The van der Waals surface area contributed by atoms with Gasteiger partial charge in [-0.05, 0) is 46.7 Å². The molecule has 0 saturated heterocycles. The van der Waals surface area contributed by atoms with Gasteiger partial charge in [0.2, 0.25) is 0 Å². The Labute approximate surface area is 147 Å². The van der Waals surface area contributed by atoms with Crippen LogP contribution >= 0.6 is 0 Å². The Kier molecular flexibility index (Phi) is 4.17. The lowest BCUT2D eigenvalue weighted by molar-refractivity contribution is 0.340. The standard InChI is InChI=1S/C23H19NO/c1-2-25-23-14-12-18-8-5-6-10-21(18)22(23)16-24-20-13-11-17-7-3-4-9-19(17)15-20/h3-16H,2H2,1H3/b24-16+. The van der Waals surface area contributed by atoms with E-state index < -0.39 is 0 Å². The van der Waals surface area contributed by atoms with Gasteiger partial charge in [-0.15, -0.1) is 0 Å². The van der Waals surface area contributed by atoms with Gasteiger partial charge in [0, 0.05) is 11.8 Å². The number of aliphatic imine (C=N–C) groups is 1. The molecule has 4 aromatic rings. The van der Waals surface area contributed by atoms with Crippen LogP contribution < -0.4 is 4.74 Å². The Balaban J connectivity index is 1.80. The molecule has 4 aromatic carbocycles. The normalized spacial score (nSPS) is 11.4. The SMILES string of the molecule is CCOc1ccc2ccccc2c1/C=N/c1ccc2ccccc2c1. The first-order chi connectivity index (χ1) is 12.3. The molecule has 0 unspecified atom stereocenters. The fourth-order valence-electron chi connectivity index (χ4n) is 3.09. The van der Waals surface area contributed by atoms with Crippen molar-refractivity contribution in [1.82, 2.24) is 0 Å². The van der Waals surface area contributed by atoms with Crippen molar-refractivity contribution < 1.29 is 4.74 Å². The first-order valence-corrected chi connectivity index (χ1v) is 8.52. The highest BCUT2D eigenvalue weighted by atomic mass is 16.5. The van der Waals surface area contributed by atoms with Crippen molar-refractivity contribution in [3.05, 3.63) is 84.4 Å². The monoisotopic (exact) mass is 325 g/mol. The van der Waals surface area contributed by atoms with Gasteiger partial charge in [0.1, 0.15) is 5.75 Å². The maximum atomic E-state index is 5.81. The zero-order valence-corrected chi connectivity index (χ0v) is 14.1. The maximum Gasteiger partial charge on any atom is 0.128 e. The van der Waals surface area contributed by atoms with Crippen molar-refractivity contribution in [1.29, 1.82) is 0 Å². The minimum Gasteiger partial charge on any atom is -0.493 e. The minimum absolute atomic E-state index is 0.634. The molecule has 4 rings (SSSR count). The van der Waals surface area contributed by atoms with Crippen LogP contribution in [-0.2, 0) is 0 Å². The van der Waals surface area contributed by atoms with Crippen molar-refractivity contribution in [2.75, 3.05) is 6.61 Å². The third-order valence-electron chi connectivity index (χ3n) is 4.31. The van der Waals surface area contributed by atoms with E-state index in [0.717, 1.165) is 22.4 Å². The predicted octanol–water partition coefficient (Wildman–Crippen LogP) is 6.14. The molecule has 0 aliphatic carbocycles. The summed E-state index contributed by atoms with van der Waals surface area (Å²) in [5.74, 6) is 0.866. The van der Waals surface area contributed by atoms with Crippen LogP contribution in [0.2, 0.25) is 0 Å². The van der Waals surface area contributed by atoms with Crippen LogP contribution in [0.4, 0.5) is 5.69 Å². The van der Waals surface area contributed by atoms with Crippen molar-refractivity contribution >= 4 is 33.4 Å². The lowest BCUT2D eigenvalue weighted by atomic mass is 10.0. The van der Waals surface area contributed by atoms with Gasteiger partial charge in [-0.2, -0.15) is 0 Å². The van der Waals surface area contributed by atoms with Gasteiger partial charge >= 0.3 is 0 Å². The van der Waals surface area contributed by atoms with Crippen LogP contribution in [0.5, 0.6) is 5.75 Å². The molecule has 122 valence electrons. The summed E-state index contributed by atoms with van der Waals surface area (Å²) < 4.78 is 5.81. The largest absolute Gasteiger partial charge is 0.493 e. The van der Waals surface area contributed by atoms with Crippen LogP contribution in [0.1, 0.15) is 12.5 Å². The second kappa shape index (κ2) is 6.78. The number of benzene rings is 4. The van der Waals surface area contributed by atoms with E-state index in [2.05, 4.69) is 48.5 Å². The van der Waals surface area contributed by atoms with Crippen molar-refractivity contribution in [3.8, 4) is 5.75 Å². The molecule has 0 heterocycles. The molecule has 0 radical (unpaired) electrons. The first kappa shape index (κ1) is 15.4. The second-order valence-electron chi connectivity index (χ2n) is 5.92. The van der Waals surface area contributed by atoms with Gasteiger partial charge in [0.25, 0.3) is 0 Å². The van der Waals surface area contributed by atoms with E-state index in [4.69, 9.17) is 9.73 Å². The first-order valence-electron chi connectivity index (χ1n) is 8.52. The quantitative estimate of drug-likeness (QED) is 0.413. The molecule has 0 aliphatic rings. The van der Waals surface area contributed by atoms with E-state index in [-0.39, 0.29) is 0 Å². The van der Waals surface area contributed by atoms with Crippen LogP contribution in [0.25, 0.3) is 21.5 Å². The topological polar surface area (TPSA) is 21.6 Å². The molecule has 2 nitrogen and oxygen atoms in total. The summed E-state index contributed by atoms with van der Waals surface area (Å²) in [7, 11) is 0. The molecule has 0 aromatic heterocycles. The third kappa shape index (κ3) is 3.11. The van der Waals surface area contributed by atoms with Crippen molar-refractivity contribution in [2.45, 2.75) is 6.92 Å². The highest BCUT2D eigenvalue weighted by Crippen LogP contribution is 2.28. The number of rotatable bonds is 4. The molecule has 2 heteroatoms. The van der Waals surface area contributed by atoms with Crippen LogP contribution in [0.3, 0.4) is 0 Å². The summed E-state index contributed by atoms with van der Waals surface area (Å²) in [6.45, 7) is 2.63. The summed E-state index contributed by atoms with van der Waals surface area (Å²) in [6, 6.07) is 27.0. The lowest BCUT2D eigenvalue weighted by Gasteiger charge is -2.10. The van der Waals surface area contributed by atoms with Gasteiger partial charge in [0.05, 0.1) is 12.3 Å². The van der Waals surface area contributed by atoms with Gasteiger partial charge in [-0.1, -0.05) is 60.7 Å². The van der Waals surface area contributed by atoms with E-state index in [9.17, 15) is 0 Å². The molecule has 0 fully saturated rings. The molecular weight excluding hydrogens is 306 g/mol. The van der Waals surface area contributed by atoms with E-state index in [1.54, 1.807) is 0 Å². The molecular formula is C23H19NO. The van der Waals surface area contributed by atoms with Crippen LogP contribution in [0.15, 0.2) is 83.9 Å². The number of ether oxygens (including phenoxy) is 1. The van der Waals surface area contributed by atoms with Crippen LogP contribution in [0, 0.1) is 0 Å². The number of hydrogen-bond donors (Lipinski definition) is 0. The molecule has 0 N–H and O–H groups in total. The Hall–Kier alpha value is -3.13. The molecule has 0 saturated carbocycles. The Morgan fingerprint density at radius 2 is 1.52 bits per heavy atom. The molecule has 0 atom stereocenters. The zero-order chi connectivity index (χ0) is 17.1. The Bertz CT molecular complexity index is 1070. The lowest BCUT2D eigenvalue weighted by Crippen LogP contribution is -1.97. The Morgan fingerprint density at radius 1 is 0.800 bits per heavy atom. The highest BCUT2D eigenvalue weighted by Gasteiger charge is 2.06. The zero-order valence-electron chi connectivity index (χ0n) is 14.1. The fourth-order valence-corrected chi connectivity index (χ4v) is 3.09. The predicted molar refractivity (Wildman–Crippen MR) is 106 cm³/mol. The summed E-state index contributed by atoms with van der Waals surface area (Å²) >= 11 is 0. The summed E-state index contributed by atoms with van der Waals surface area (Å²) in [4.78, 5) is 4.71. The smallest absolute Gasteiger partial charge is 0.128 e. The van der Waals surface area contributed by atoms with Crippen LogP contribution in [-0.4, -0.2) is 12.8 Å². The summed E-state index contributed by atoms with van der Waals surface area (Å²) in [6.07, 6.45) is 1.91. The van der Waals surface area contributed by atoms with E-state index in [1.165, 1.54) is 16.2 Å². The van der Waals surface area contributed by atoms with Gasteiger partial charge < -0.3 is 4.74 Å². The van der Waals surface area contributed by atoms with E-state index in [1.807, 2.05) is 43.5 Å². The van der Waals surface area contributed by atoms with E-state index >= 15 is 0 Å². The number of hydrogen-bond acceptors (Lipinski definition) is 2. The number of nitrogens with zero attached hydrogens (tertiary/aromatic N) is 1. The summed E-state index contributed by atoms with van der Waals surface area (Å²) in [5.41, 5.74) is 1.96. The molecule has 0 aliphatic heterocycles. The average Bonchev–Trinajstić information content (AvgIpc) is 2.67. The molecule has 0 amide bonds. The fraction of sp³-hybridized carbons (Fsp3) is 0.0870. The average molecular weight is 325 g/mol. The van der Waals surface area contributed by atoms with Gasteiger partial charge in [0.15, 0.2) is 0 Å². The molecule has 0 spiro atoms. The number of fused-ring (bicyclic) bond motifs is 2. The maximum absolute atomic E-state index is 5.81. The second-order valence-corrected chi connectivity index (χ2v) is 5.92. The molecule has 0 bridgehead atoms. The highest BCUT2D eigenvalue weighted by molar-refractivity contribution is 6.03. The Morgan fingerprint density at radius 3 is 2.36 bits per heavy atom. The van der Waals surface area contributed by atoms with E-state index in [0.29, 0.717) is 6.61 Å². The minimum atomic E-state index is 0.634. The van der Waals surface area contributed by atoms with Crippen molar-refractivity contribution in [3.63, 3.8) is 0 Å². The molecule has 25 heavy (non-hydrogen) atoms. The van der Waals surface area contributed by atoms with Crippen molar-refractivity contribution in [2.24, 2.45) is 4.99 Å². The third-order valence-corrected chi connectivity index (χ3v) is 4.31. The van der Waals surface area contributed by atoms with Gasteiger partial charge in [-0.3, -0.25) is 4.99 Å².